The minimum atomic E-state index is 0.257. The highest BCUT2D eigenvalue weighted by atomic mass is 15.2. The van der Waals surface area contributed by atoms with Crippen molar-refractivity contribution in [3.8, 4) is 0 Å². The Balaban J connectivity index is 0.782. The van der Waals surface area contributed by atoms with Gasteiger partial charge in [0.25, 0.3) is 0 Å². The molecule has 0 unspecified atom stereocenters. The van der Waals surface area contributed by atoms with Crippen LogP contribution in [0.4, 0.5) is 68.2 Å². The van der Waals surface area contributed by atoms with Crippen molar-refractivity contribution in [1.29, 1.82) is 0 Å². The van der Waals surface area contributed by atoms with Gasteiger partial charge >= 0.3 is 0 Å². The van der Waals surface area contributed by atoms with Crippen molar-refractivity contribution >= 4 is 101 Å². The first-order valence-corrected chi connectivity index (χ1v) is 43.8. The minimum absolute atomic E-state index is 0.257. The molecule has 0 amide bonds. The van der Waals surface area contributed by atoms with E-state index in [1.807, 2.05) is 24.8 Å². The molecule has 16 fully saturated rings. The molecule has 8 aromatic carbocycles. The van der Waals surface area contributed by atoms with Crippen LogP contribution in [0, 0.1) is 98.7 Å². The molecule has 0 atom stereocenters. The third-order valence-electron chi connectivity index (χ3n) is 32.8. The maximum absolute atomic E-state index is 4.86. The third kappa shape index (κ3) is 10.5. The van der Waals surface area contributed by atoms with Crippen LogP contribution < -0.4 is 19.6 Å². The van der Waals surface area contributed by atoms with E-state index >= 15 is 0 Å². The summed E-state index contributed by atoms with van der Waals surface area (Å²) in [7, 11) is 0. The van der Waals surface area contributed by atoms with Gasteiger partial charge in [0.05, 0.1) is 45.5 Å². The zero-order chi connectivity index (χ0) is 74.1. The highest BCUT2D eigenvalue weighted by molar-refractivity contribution is 6.33. The molecule has 28 rings (SSSR count). The van der Waals surface area contributed by atoms with Crippen molar-refractivity contribution in [2.45, 2.75) is 203 Å². The van der Waals surface area contributed by atoms with Crippen LogP contribution in [0.5, 0.6) is 0 Å². The van der Waals surface area contributed by atoms with E-state index in [9.17, 15) is 0 Å². The fourth-order valence-electron chi connectivity index (χ4n) is 29.9. The Morgan fingerprint density at radius 3 is 0.571 bits per heavy atom. The lowest BCUT2D eigenvalue weighted by Crippen LogP contribution is -2.48. The number of hydrogen-bond donors (Lipinski definition) is 0. The normalized spacial score (nSPS) is 31.2. The summed E-state index contributed by atoms with van der Waals surface area (Å²) in [6.45, 7) is 9.07. The maximum Gasteiger partial charge on any atom is 0.0561 e. The summed E-state index contributed by atoms with van der Waals surface area (Å²) in [6, 6.07) is 64.9. The predicted octanol–water partition coefficient (Wildman–Crippen LogP) is 27.1. The fraction of sp³-hybridized carbons (Fsp3) is 0.423. The van der Waals surface area contributed by atoms with Gasteiger partial charge in [-0.3, -0.25) is 19.9 Å². The van der Waals surface area contributed by atoms with E-state index < -0.39 is 0 Å². The molecule has 4 aromatic heterocycles. The molecular weight excluding hydrogens is 1360 g/mol. The summed E-state index contributed by atoms with van der Waals surface area (Å²) in [5.41, 5.74) is 25.4. The second-order valence-corrected chi connectivity index (χ2v) is 39.9. The molecule has 562 valence electrons. The number of aryl methyl sites for hydroxylation is 4. The van der Waals surface area contributed by atoms with Crippen molar-refractivity contribution in [1.82, 2.24) is 19.9 Å². The Kier molecular flexibility index (Phi) is 15.0. The topological polar surface area (TPSA) is 64.5 Å². The van der Waals surface area contributed by atoms with Crippen molar-refractivity contribution in [3.05, 3.63) is 252 Å². The van der Waals surface area contributed by atoms with E-state index in [0.29, 0.717) is 0 Å². The smallest absolute Gasteiger partial charge is 0.0561 e. The number of nitrogens with zero attached hydrogens (tertiary/aromatic N) is 8. The van der Waals surface area contributed by atoms with Crippen molar-refractivity contribution < 1.29 is 0 Å². The Bertz CT molecular complexity index is 4880. The summed E-state index contributed by atoms with van der Waals surface area (Å²) in [6.07, 6.45) is 49.5. The van der Waals surface area contributed by atoms with Gasteiger partial charge in [-0.25, -0.2) is 0 Å². The predicted molar refractivity (Wildman–Crippen MR) is 458 cm³/mol. The molecule has 16 bridgehead atoms. The Morgan fingerprint density at radius 1 is 0.223 bits per heavy atom. The standard InChI is InChI=1S/C104H106N8/c1-63-59-105-29-25-91(63)109(83-13-5-79(6-14-83)101-47-67-33-68(48-101)35-69(34-67)49-101)95-45-96(110(92-26-30-106-60-64(92)2)84-15-7-80(8-16-84)102-50-70-36-71(51-102)38-72(37-70)52-102)88-23-24-90-98(112(94-28-32-108-62-66(94)4)86-19-11-82(12-20-86)104-56-76-42-77(57-104)44-78(43-76)58-104)46-97(89-22-21-87(95)99(88)100(89)90)111(93-27-31-107-61-65(93)3)85-17-9-81(10-18-85)103-53-73-39-74(54-103)41-75(40-73)55-103/h5-32,45-46,59-62,67-78H,33-44,47-58H2,1-4H3. The van der Waals surface area contributed by atoms with Gasteiger partial charge in [-0.1, -0.05) is 72.8 Å². The second-order valence-electron chi connectivity index (χ2n) is 39.9. The lowest BCUT2D eigenvalue weighted by Gasteiger charge is -2.57. The minimum Gasteiger partial charge on any atom is -0.309 e. The Morgan fingerprint density at radius 2 is 0.402 bits per heavy atom. The van der Waals surface area contributed by atoms with Crippen LogP contribution in [0.25, 0.3) is 32.3 Å². The van der Waals surface area contributed by atoms with Crippen LogP contribution in [0.1, 0.15) is 199 Å². The molecule has 112 heavy (non-hydrogen) atoms. The summed E-state index contributed by atoms with van der Waals surface area (Å²) in [5, 5.41) is 7.26. The van der Waals surface area contributed by atoms with Gasteiger partial charge in [-0.2, -0.15) is 0 Å². The van der Waals surface area contributed by atoms with E-state index in [1.54, 1.807) is 22.3 Å². The SMILES string of the molecule is Cc1cnccc1N(c1ccc(C23CC4CC(CC(C4)C2)C3)cc1)c1cc(N(c2ccc(C34CC5CC(CC(C5)C3)C4)cc2)c2ccncc2C)c2ccc3c(N(c4ccc(C56CC7CC(CC(C7)C5)C6)cc4)c4ccncc4C)cc(N(c4ccc(C56CC7CC(CC(C7)C5)C6)cc4)c4ccncc4C)c4ccc1c2c43. The summed E-state index contributed by atoms with van der Waals surface area (Å²) in [5.74, 6) is 10.3. The molecule has 0 radical (unpaired) electrons. The molecule has 4 heterocycles. The number of rotatable bonds is 16. The second kappa shape index (κ2) is 25.1. The summed E-state index contributed by atoms with van der Waals surface area (Å²) in [4.78, 5) is 30.0. The van der Waals surface area contributed by atoms with Gasteiger partial charge < -0.3 is 19.6 Å². The van der Waals surface area contributed by atoms with Gasteiger partial charge in [-0.05, 0) is 404 Å². The van der Waals surface area contributed by atoms with Crippen LogP contribution in [-0.2, 0) is 21.7 Å². The average molecular weight is 1470 g/mol. The van der Waals surface area contributed by atoms with E-state index in [-0.39, 0.29) is 21.7 Å². The summed E-state index contributed by atoms with van der Waals surface area (Å²) < 4.78 is 0. The van der Waals surface area contributed by atoms with Gasteiger partial charge in [0, 0.05) is 105 Å². The van der Waals surface area contributed by atoms with Gasteiger partial charge in [-0.15, -0.1) is 0 Å². The van der Waals surface area contributed by atoms with Crippen LogP contribution in [0.2, 0.25) is 0 Å². The van der Waals surface area contributed by atoms with Crippen LogP contribution >= 0.6 is 0 Å². The van der Waals surface area contributed by atoms with E-state index in [0.717, 1.165) is 162 Å². The molecule has 0 saturated heterocycles. The zero-order valence-corrected chi connectivity index (χ0v) is 66.1. The molecule has 0 aliphatic heterocycles. The molecule has 8 nitrogen and oxygen atoms in total. The molecule has 16 saturated carbocycles. The highest BCUT2D eigenvalue weighted by Crippen LogP contribution is 2.67. The third-order valence-corrected chi connectivity index (χ3v) is 32.8. The lowest BCUT2D eigenvalue weighted by atomic mass is 9.48. The fourth-order valence-corrected chi connectivity index (χ4v) is 29.9. The van der Waals surface area contributed by atoms with Crippen molar-refractivity contribution in [2.24, 2.45) is 71.0 Å². The van der Waals surface area contributed by atoms with Crippen LogP contribution in [0.3, 0.4) is 0 Å². The maximum atomic E-state index is 4.86. The molecule has 16 aliphatic carbocycles. The summed E-state index contributed by atoms with van der Waals surface area (Å²) >= 11 is 0. The first-order valence-electron chi connectivity index (χ1n) is 43.8. The largest absolute Gasteiger partial charge is 0.309 e. The lowest BCUT2D eigenvalue weighted by molar-refractivity contribution is -0.00530. The van der Waals surface area contributed by atoms with Gasteiger partial charge in [0.2, 0.25) is 0 Å². The first-order chi connectivity index (χ1) is 54.8. The molecule has 12 aromatic rings. The Hall–Kier alpha value is -9.40. The van der Waals surface area contributed by atoms with Crippen molar-refractivity contribution in [2.75, 3.05) is 19.6 Å². The molecular formula is C104H106N8. The molecule has 0 N–H and O–H groups in total. The number of benzene rings is 8. The quantitative estimate of drug-likeness (QED) is 0.0887. The van der Waals surface area contributed by atoms with E-state index in [4.69, 9.17) is 19.9 Å². The van der Waals surface area contributed by atoms with E-state index in [2.05, 4.69) is 230 Å². The van der Waals surface area contributed by atoms with Gasteiger partial charge in [0.15, 0.2) is 0 Å². The molecule has 0 spiro atoms. The van der Waals surface area contributed by atoms with Crippen LogP contribution in [0.15, 0.2) is 207 Å². The Labute approximate surface area is 662 Å². The zero-order valence-electron chi connectivity index (χ0n) is 66.1. The van der Waals surface area contributed by atoms with Crippen molar-refractivity contribution in [3.63, 3.8) is 0 Å². The number of hydrogen-bond acceptors (Lipinski definition) is 8. The number of anilines is 12. The number of aromatic nitrogens is 4. The molecule has 8 heteroatoms. The number of pyridine rings is 4. The highest BCUT2D eigenvalue weighted by Gasteiger charge is 2.56. The van der Waals surface area contributed by atoms with Crippen LogP contribution in [-0.4, -0.2) is 19.9 Å². The van der Waals surface area contributed by atoms with E-state index in [1.165, 1.54) is 186 Å². The average Bonchev–Trinajstić information content (AvgIpc) is 0.689. The van der Waals surface area contributed by atoms with Gasteiger partial charge in [0.1, 0.15) is 0 Å². The molecule has 16 aliphatic rings. The first kappa shape index (κ1) is 67.1. The monoisotopic (exact) mass is 1470 g/mol.